The van der Waals surface area contributed by atoms with Crippen LogP contribution >= 0.6 is 0 Å². The van der Waals surface area contributed by atoms with Crippen LogP contribution in [0.4, 0.5) is 5.69 Å². The molecule has 1 amide bonds. The van der Waals surface area contributed by atoms with E-state index in [0.717, 1.165) is 29.0 Å². The molecule has 3 aromatic rings. The second-order valence-corrected chi connectivity index (χ2v) is 9.57. The van der Waals surface area contributed by atoms with Gasteiger partial charge in [0.15, 0.2) is 11.2 Å². The second-order valence-electron chi connectivity index (χ2n) is 9.57. The number of carbonyl (C=O) groups excluding carboxylic acids is 1. The number of hydrogen-bond donors (Lipinski definition) is 1. The van der Waals surface area contributed by atoms with Crippen molar-refractivity contribution in [1.82, 2.24) is 9.97 Å². The van der Waals surface area contributed by atoms with Crippen molar-refractivity contribution in [2.75, 3.05) is 5.32 Å². The molecular weight excluding hydrogens is 362 g/mol. The maximum Gasteiger partial charge on any atom is 0.228 e. The van der Waals surface area contributed by atoms with E-state index in [0.29, 0.717) is 23.5 Å². The van der Waals surface area contributed by atoms with E-state index in [1.165, 1.54) is 38.5 Å². The average Bonchev–Trinajstić information content (AvgIpc) is 3.11. The van der Waals surface area contributed by atoms with Crippen molar-refractivity contribution in [3.63, 3.8) is 0 Å². The minimum Gasteiger partial charge on any atom is -0.434 e. The zero-order valence-corrected chi connectivity index (χ0v) is 16.4. The van der Waals surface area contributed by atoms with E-state index < -0.39 is 0 Å². The molecule has 4 bridgehead atoms. The highest BCUT2D eigenvalue weighted by molar-refractivity contribution is 5.92. The Morgan fingerprint density at radius 3 is 2.55 bits per heavy atom. The number of hydrogen-bond acceptors (Lipinski definition) is 4. The van der Waals surface area contributed by atoms with Gasteiger partial charge >= 0.3 is 0 Å². The van der Waals surface area contributed by atoms with Gasteiger partial charge in [0.05, 0.1) is 0 Å². The molecule has 0 saturated heterocycles. The highest BCUT2D eigenvalue weighted by Gasteiger charge is 2.51. The summed E-state index contributed by atoms with van der Waals surface area (Å²) in [5.74, 6) is 3.26. The van der Waals surface area contributed by atoms with Gasteiger partial charge in [-0.15, -0.1) is 0 Å². The summed E-state index contributed by atoms with van der Waals surface area (Å²) >= 11 is 0. The van der Waals surface area contributed by atoms with E-state index in [1.54, 1.807) is 6.20 Å². The molecule has 5 heteroatoms. The summed E-state index contributed by atoms with van der Waals surface area (Å²) < 4.78 is 5.82. The molecule has 5 nitrogen and oxygen atoms in total. The highest BCUT2D eigenvalue weighted by Crippen LogP contribution is 2.61. The highest BCUT2D eigenvalue weighted by atomic mass is 16.3. The molecule has 29 heavy (non-hydrogen) atoms. The predicted octanol–water partition coefficient (Wildman–Crippen LogP) is 5.43. The molecule has 7 rings (SSSR count). The first kappa shape index (κ1) is 17.2. The Kier molecular flexibility index (Phi) is 3.80. The average molecular weight is 387 g/mol. The van der Waals surface area contributed by atoms with Crippen LogP contribution in [0.25, 0.3) is 22.7 Å². The summed E-state index contributed by atoms with van der Waals surface area (Å²) in [6.45, 7) is 0. The largest absolute Gasteiger partial charge is 0.434 e. The van der Waals surface area contributed by atoms with Gasteiger partial charge in [0, 0.05) is 23.9 Å². The van der Waals surface area contributed by atoms with E-state index >= 15 is 0 Å². The molecule has 4 saturated carbocycles. The van der Waals surface area contributed by atoms with E-state index in [4.69, 9.17) is 4.42 Å². The molecule has 2 aromatic heterocycles. The van der Waals surface area contributed by atoms with Crippen molar-refractivity contribution >= 4 is 22.8 Å². The first-order valence-corrected chi connectivity index (χ1v) is 10.8. The van der Waals surface area contributed by atoms with Gasteiger partial charge in [0.1, 0.15) is 0 Å². The van der Waals surface area contributed by atoms with Gasteiger partial charge < -0.3 is 9.73 Å². The number of anilines is 1. The lowest BCUT2D eigenvalue weighted by molar-refractivity contribution is -0.124. The number of aromatic nitrogens is 2. The third-order valence-electron chi connectivity index (χ3n) is 7.26. The normalized spacial score (nSPS) is 30.0. The Balaban J connectivity index is 1.19. The third kappa shape index (κ3) is 3.13. The molecule has 0 spiro atoms. The van der Waals surface area contributed by atoms with E-state index in [2.05, 4.69) is 15.3 Å². The minimum absolute atomic E-state index is 0.142. The van der Waals surface area contributed by atoms with Crippen molar-refractivity contribution < 1.29 is 9.21 Å². The minimum atomic E-state index is 0.142. The van der Waals surface area contributed by atoms with Crippen LogP contribution in [0.1, 0.15) is 44.9 Å². The molecule has 4 aliphatic carbocycles. The Labute approximate surface area is 169 Å². The van der Waals surface area contributed by atoms with Crippen molar-refractivity contribution in [2.24, 2.45) is 23.2 Å². The molecule has 148 valence electrons. The molecule has 1 N–H and O–H groups in total. The number of pyridine rings is 1. The van der Waals surface area contributed by atoms with Crippen LogP contribution < -0.4 is 5.32 Å². The number of benzene rings is 1. The maximum atomic E-state index is 12.9. The molecular formula is C24H25N3O2. The van der Waals surface area contributed by atoms with E-state index in [9.17, 15) is 4.79 Å². The van der Waals surface area contributed by atoms with Gasteiger partial charge in [-0.25, -0.2) is 4.98 Å². The monoisotopic (exact) mass is 387 g/mol. The molecule has 4 fully saturated rings. The van der Waals surface area contributed by atoms with E-state index in [-0.39, 0.29) is 11.3 Å². The molecule has 2 heterocycles. The zero-order chi connectivity index (χ0) is 19.4. The number of carbonyl (C=O) groups is 1. The lowest BCUT2D eigenvalue weighted by Crippen LogP contribution is -2.47. The fourth-order valence-electron chi connectivity index (χ4n) is 6.67. The summed E-state index contributed by atoms with van der Waals surface area (Å²) in [6.07, 6.45) is 10.3. The van der Waals surface area contributed by atoms with Gasteiger partial charge in [-0.3, -0.25) is 4.79 Å². The van der Waals surface area contributed by atoms with Crippen LogP contribution in [0, 0.1) is 23.2 Å². The number of amides is 1. The quantitative estimate of drug-likeness (QED) is 0.648. The SMILES string of the molecule is O=C(CC12CC3CC(CC(C3)C1)C2)Nc1cccc(-c2nc3ncccc3o2)c1. The lowest BCUT2D eigenvalue weighted by Gasteiger charge is -2.56. The van der Waals surface area contributed by atoms with Crippen molar-refractivity contribution in [3.05, 3.63) is 42.6 Å². The van der Waals surface area contributed by atoms with Gasteiger partial charge in [-0.05, 0) is 92.0 Å². The first-order chi connectivity index (χ1) is 14.1. The van der Waals surface area contributed by atoms with E-state index in [1.807, 2.05) is 36.4 Å². The summed E-state index contributed by atoms with van der Waals surface area (Å²) in [6, 6.07) is 11.4. The topological polar surface area (TPSA) is 68.0 Å². The third-order valence-corrected chi connectivity index (χ3v) is 7.26. The Morgan fingerprint density at radius 2 is 1.83 bits per heavy atom. The van der Waals surface area contributed by atoms with Crippen LogP contribution in [0.3, 0.4) is 0 Å². The fourth-order valence-corrected chi connectivity index (χ4v) is 6.67. The summed E-state index contributed by atoms with van der Waals surface area (Å²) in [5.41, 5.74) is 3.16. The summed E-state index contributed by atoms with van der Waals surface area (Å²) in [7, 11) is 0. The van der Waals surface area contributed by atoms with Crippen LogP contribution in [-0.4, -0.2) is 15.9 Å². The number of fused-ring (bicyclic) bond motifs is 1. The molecule has 0 radical (unpaired) electrons. The van der Waals surface area contributed by atoms with Crippen molar-refractivity contribution in [1.29, 1.82) is 0 Å². The standard InChI is InChI=1S/C24H25N3O2/c28-21(14-24-11-15-7-16(12-24)9-17(8-15)13-24)26-19-4-1-3-18(10-19)23-27-22-20(29-23)5-2-6-25-22/h1-6,10,15-17H,7-9,11-14H2,(H,26,28). The second kappa shape index (κ2) is 6.41. The van der Waals surface area contributed by atoms with Gasteiger partial charge in [-0.1, -0.05) is 6.07 Å². The summed E-state index contributed by atoms with van der Waals surface area (Å²) in [5, 5.41) is 3.14. The summed E-state index contributed by atoms with van der Waals surface area (Å²) in [4.78, 5) is 21.6. The zero-order valence-electron chi connectivity index (χ0n) is 16.4. The smallest absolute Gasteiger partial charge is 0.228 e. The Hall–Kier alpha value is -2.69. The van der Waals surface area contributed by atoms with Crippen LogP contribution in [0.5, 0.6) is 0 Å². The molecule has 0 unspecified atom stereocenters. The van der Waals surface area contributed by atoms with Crippen molar-refractivity contribution in [2.45, 2.75) is 44.9 Å². The number of nitrogens with zero attached hydrogens (tertiary/aromatic N) is 2. The number of oxazole rings is 1. The van der Waals surface area contributed by atoms with Crippen LogP contribution in [0.2, 0.25) is 0 Å². The van der Waals surface area contributed by atoms with Gasteiger partial charge in [0.2, 0.25) is 11.8 Å². The fraction of sp³-hybridized carbons (Fsp3) is 0.458. The Bertz CT molecular complexity index is 1020. The van der Waals surface area contributed by atoms with Crippen LogP contribution in [0.15, 0.2) is 47.0 Å². The van der Waals surface area contributed by atoms with Crippen LogP contribution in [-0.2, 0) is 4.79 Å². The van der Waals surface area contributed by atoms with Gasteiger partial charge in [-0.2, -0.15) is 4.98 Å². The van der Waals surface area contributed by atoms with Crippen molar-refractivity contribution in [3.8, 4) is 11.5 Å². The molecule has 0 aliphatic heterocycles. The Morgan fingerprint density at radius 1 is 1.07 bits per heavy atom. The van der Waals surface area contributed by atoms with Gasteiger partial charge in [0.25, 0.3) is 0 Å². The number of nitrogens with one attached hydrogen (secondary N) is 1. The molecule has 1 aromatic carbocycles. The first-order valence-electron chi connectivity index (χ1n) is 10.8. The number of rotatable bonds is 4. The molecule has 0 atom stereocenters. The molecule has 4 aliphatic rings. The lowest BCUT2D eigenvalue weighted by atomic mass is 9.49. The predicted molar refractivity (Wildman–Crippen MR) is 111 cm³/mol. The maximum absolute atomic E-state index is 12.9.